The molecule has 0 fully saturated rings. The van der Waals surface area contributed by atoms with Crippen molar-refractivity contribution in [3.8, 4) is 0 Å². The summed E-state index contributed by atoms with van der Waals surface area (Å²) < 4.78 is 0. The summed E-state index contributed by atoms with van der Waals surface area (Å²) in [5, 5.41) is 9.05. The third kappa shape index (κ3) is 54.9. The first-order chi connectivity index (χ1) is 35.0. The second-order valence-electron chi connectivity index (χ2n) is 21.7. The van der Waals surface area contributed by atoms with E-state index in [1.54, 1.807) is 0 Å². The summed E-state index contributed by atoms with van der Waals surface area (Å²) in [6.45, 7) is 7.45. The van der Waals surface area contributed by atoms with Gasteiger partial charge in [-0.15, -0.1) is 0 Å². The van der Waals surface area contributed by atoms with Crippen LogP contribution in [0, 0.1) is 0 Å². The van der Waals surface area contributed by atoms with Crippen LogP contribution in [-0.4, -0.2) is 54.1 Å². The Hall–Kier alpha value is -1.22. The molecule has 0 spiro atoms. The molecule has 3 amide bonds. The normalized spacial score (nSPS) is 12.3. The summed E-state index contributed by atoms with van der Waals surface area (Å²) in [6, 6.07) is -1.19. The van der Waals surface area contributed by atoms with Gasteiger partial charge in [-0.2, -0.15) is 0 Å². The number of carbonyl (C=O) groups is 4. The van der Waals surface area contributed by atoms with Crippen molar-refractivity contribution >= 4 is 45.6 Å². The molecule has 0 aromatic rings. The third-order valence-corrected chi connectivity index (χ3v) is 17.0. The van der Waals surface area contributed by atoms with Gasteiger partial charge in [-0.25, -0.2) is 0 Å². The van der Waals surface area contributed by atoms with Crippen molar-refractivity contribution in [3.05, 3.63) is 0 Å². The fraction of sp³-hybridized carbons (Fsp3) is 0.935. The maximum absolute atomic E-state index is 13.4. The summed E-state index contributed by atoms with van der Waals surface area (Å²) in [5.41, 5.74) is 0. The van der Waals surface area contributed by atoms with E-state index in [0.717, 1.165) is 51.2 Å². The Labute approximate surface area is 450 Å². The molecule has 0 aliphatic carbocycles. The fourth-order valence-corrected chi connectivity index (χ4v) is 12.1. The highest BCUT2D eigenvalue weighted by atomic mass is 33.1. The van der Waals surface area contributed by atoms with Crippen molar-refractivity contribution in [2.75, 3.05) is 18.1 Å². The summed E-state index contributed by atoms with van der Waals surface area (Å²) in [7, 11) is 2.97. The molecule has 0 aromatic heterocycles. The van der Waals surface area contributed by atoms with Crippen molar-refractivity contribution in [2.45, 2.75) is 354 Å². The van der Waals surface area contributed by atoms with Crippen LogP contribution in [0.2, 0.25) is 0 Å². The number of aldehydes is 1. The van der Waals surface area contributed by atoms with Gasteiger partial charge in [0.15, 0.2) is 0 Å². The van der Waals surface area contributed by atoms with Gasteiger partial charge in [0.1, 0.15) is 12.3 Å². The van der Waals surface area contributed by atoms with Crippen LogP contribution < -0.4 is 16.0 Å². The van der Waals surface area contributed by atoms with Gasteiger partial charge in [-0.3, -0.25) is 14.4 Å². The zero-order valence-electron chi connectivity index (χ0n) is 47.7. The second-order valence-corrected chi connectivity index (χ2v) is 24.3. The van der Waals surface area contributed by atoms with Gasteiger partial charge < -0.3 is 20.7 Å². The van der Waals surface area contributed by atoms with Gasteiger partial charge in [-0.1, -0.05) is 331 Å². The number of amides is 3. The number of carbonyl (C=O) groups excluding carboxylic acids is 4. The van der Waals surface area contributed by atoms with Crippen LogP contribution in [0.25, 0.3) is 0 Å². The summed E-state index contributed by atoms with van der Waals surface area (Å²) >= 11 is 0. The number of hydrogen-bond donors (Lipinski definition) is 3. The van der Waals surface area contributed by atoms with E-state index >= 15 is 0 Å². The van der Waals surface area contributed by atoms with Crippen molar-refractivity contribution in [1.82, 2.24) is 16.0 Å². The molecule has 0 bridgehead atoms. The largest absolute Gasteiger partial charge is 0.354 e. The molecule has 71 heavy (non-hydrogen) atoms. The first kappa shape index (κ1) is 69.8. The second kappa shape index (κ2) is 59.7. The lowest BCUT2D eigenvalue weighted by Crippen LogP contribution is -2.48. The first-order valence-corrected chi connectivity index (χ1v) is 34.0. The number of unbranched alkanes of at least 4 members (excludes halogenated alkanes) is 45. The minimum absolute atomic E-state index is 0.0606. The van der Waals surface area contributed by atoms with Crippen LogP contribution in [0.4, 0.5) is 0 Å². The highest BCUT2D eigenvalue weighted by Gasteiger charge is 2.21. The first-order valence-electron chi connectivity index (χ1n) is 31.5. The van der Waals surface area contributed by atoms with Gasteiger partial charge in [-0.05, 0) is 19.3 Å². The van der Waals surface area contributed by atoms with Crippen LogP contribution in [0.5, 0.6) is 0 Å². The fourth-order valence-electron chi connectivity index (χ4n) is 9.76. The number of hydrogen-bond acceptors (Lipinski definition) is 6. The minimum atomic E-state index is -0.623. The average Bonchev–Trinajstić information content (AvgIpc) is 3.37. The van der Waals surface area contributed by atoms with Crippen LogP contribution in [0.1, 0.15) is 342 Å². The van der Waals surface area contributed by atoms with Crippen molar-refractivity contribution in [3.63, 3.8) is 0 Å². The van der Waals surface area contributed by atoms with Crippen LogP contribution in [0.3, 0.4) is 0 Å². The summed E-state index contributed by atoms with van der Waals surface area (Å²) in [5.74, 6) is 0.591. The molecule has 0 heterocycles. The summed E-state index contributed by atoms with van der Waals surface area (Å²) in [6.07, 6.45) is 64.4. The molecule has 3 N–H and O–H groups in total. The molecule has 7 nitrogen and oxygen atoms in total. The molecule has 9 heteroatoms. The van der Waals surface area contributed by atoms with E-state index in [0.29, 0.717) is 30.9 Å². The molecule has 0 unspecified atom stereocenters. The monoisotopic (exact) mass is 1040 g/mol. The van der Waals surface area contributed by atoms with E-state index in [-0.39, 0.29) is 17.7 Å². The van der Waals surface area contributed by atoms with E-state index in [9.17, 15) is 19.2 Å². The predicted molar refractivity (Wildman–Crippen MR) is 316 cm³/mol. The van der Waals surface area contributed by atoms with E-state index in [1.807, 2.05) is 0 Å². The lowest BCUT2D eigenvalue weighted by Gasteiger charge is -2.19. The summed E-state index contributed by atoms with van der Waals surface area (Å²) in [4.78, 5) is 51.0. The van der Waals surface area contributed by atoms with Crippen molar-refractivity contribution < 1.29 is 19.2 Å². The van der Waals surface area contributed by atoms with Crippen molar-refractivity contribution in [1.29, 1.82) is 0 Å². The number of rotatable bonds is 60. The Bertz CT molecular complexity index is 1130. The maximum Gasteiger partial charge on any atom is 0.243 e. The highest BCUT2D eigenvalue weighted by molar-refractivity contribution is 8.76. The molecule has 0 aliphatic rings. The molecular weight excluding hydrogens is 915 g/mol. The van der Waals surface area contributed by atoms with E-state index in [2.05, 4.69) is 36.7 Å². The molecule has 2 atom stereocenters. The Morgan fingerprint density at radius 3 is 0.887 bits per heavy atom. The lowest BCUT2D eigenvalue weighted by molar-refractivity contribution is -0.128. The Balaban J connectivity index is 4.32. The molecule has 0 rings (SSSR count). The van der Waals surface area contributed by atoms with Gasteiger partial charge in [0.2, 0.25) is 17.7 Å². The zero-order valence-corrected chi connectivity index (χ0v) is 49.3. The maximum atomic E-state index is 13.4. The van der Waals surface area contributed by atoms with Crippen LogP contribution >= 0.6 is 21.6 Å². The van der Waals surface area contributed by atoms with E-state index in [1.165, 1.54) is 285 Å². The Kier molecular flexibility index (Phi) is 58.6. The SMILES string of the molecule is CCCCCCCCCCCCCCCCCCCCCC(=O)N[C@H](C=O)CSSC[C@H](NC(=O)CCCCCCCCCCCCCCCCCCCCC)C(=O)NCCCCCCCCCCCC. The minimum Gasteiger partial charge on any atom is -0.354 e. The standard InChI is InChI=1S/C62H121N3O4S2/c1-4-7-10-13-16-19-22-24-26-28-30-32-34-36-38-40-43-46-49-52-60(67)64-58(55-66)56-70-71-57-59(62(69)63-54-51-48-45-42-21-18-15-12-9-6-3)65-61(68)53-50-47-44-41-39-37-35-33-31-29-27-25-23-20-17-14-11-8-5-2/h55,58-59H,4-54,56-57H2,1-3H3,(H,63,69)(H,64,67)(H,65,68)/t58-,59+/m1/s1. The molecule has 0 saturated heterocycles. The topological polar surface area (TPSA) is 104 Å². The molecule has 0 radical (unpaired) electrons. The zero-order chi connectivity index (χ0) is 51.6. The quantitative estimate of drug-likeness (QED) is 0.0318. The van der Waals surface area contributed by atoms with Gasteiger partial charge in [0.25, 0.3) is 0 Å². The van der Waals surface area contributed by atoms with Gasteiger partial charge >= 0.3 is 0 Å². The molecule has 0 saturated carbocycles. The van der Waals surface area contributed by atoms with Crippen LogP contribution in [0.15, 0.2) is 0 Å². The molecule has 0 aromatic carbocycles. The predicted octanol–water partition coefficient (Wildman–Crippen LogP) is 19.2. The van der Waals surface area contributed by atoms with Crippen LogP contribution in [-0.2, 0) is 19.2 Å². The number of nitrogens with one attached hydrogen (secondary N) is 3. The van der Waals surface area contributed by atoms with E-state index in [4.69, 9.17) is 0 Å². The molecule has 0 aliphatic heterocycles. The lowest BCUT2D eigenvalue weighted by atomic mass is 10.0. The van der Waals surface area contributed by atoms with Gasteiger partial charge in [0, 0.05) is 30.9 Å². The smallest absolute Gasteiger partial charge is 0.243 e. The highest BCUT2D eigenvalue weighted by Crippen LogP contribution is 2.24. The Morgan fingerprint density at radius 1 is 0.338 bits per heavy atom. The third-order valence-electron chi connectivity index (χ3n) is 14.6. The van der Waals surface area contributed by atoms with E-state index < -0.39 is 12.1 Å². The molecule has 420 valence electrons. The van der Waals surface area contributed by atoms with Gasteiger partial charge in [0.05, 0.1) is 6.04 Å². The molecular formula is C62H121N3O4S2. The Morgan fingerprint density at radius 2 is 0.592 bits per heavy atom. The van der Waals surface area contributed by atoms with Crippen molar-refractivity contribution in [2.24, 2.45) is 0 Å². The average molecular weight is 1040 g/mol.